The van der Waals surface area contributed by atoms with Gasteiger partial charge in [0.15, 0.2) is 0 Å². The molecule has 4 rings (SSSR count). The molecule has 0 saturated heterocycles. The molecular formula is C19H18N2O2. The van der Waals surface area contributed by atoms with Crippen LogP contribution in [0.2, 0.25) is 0 Å². The van der Waals surface area contributed by atoms with Gasteiger partial charge < -0.3 is 4.90 Å². The van der Waals surface area contributed by atoms with Crippen molar-refractivity contribution in [2.24, 2.45) is 5.92 Å². The molecule has 0 aromatic heterocycles. The maximum atomic E-state index is 11.6. The minimum atomic E-state index is -0.174. The van der Waals surface area contributed by atoms with E-state index in [2.05, 4.69) is 17.0 Å². The Bertz CT molecular complexity index is 751. The lowest BCUT2D eigenvalue weighted by molar-refractivity contribution is -0.428. The summed E-state index contributed by atoms with van der Waals surface area (Å²) < 4.78 is 0. The molecule has 23 heavy (non-hydrogen) atoms. The molecule has 2 aliphatic rings. The molecule has 1 saturated carbocycles. The van der Waals surface area contributed by atoms with Crippen molar-refractivity contribution in [2.45, 2.75) is 25.3 Å². The molecule has 0 spiro atoms. The summed E-state index contributed by atoms with van der Waals surface area (Å²) in [7, 11) is 0. The van der Waals surface area contributed by atoms with E-state index in [9.17, 15) is 10.1 Å². The van der Waals surface area contributed by atoms with Crippen LogP contribution in [0.3, 0.4) is 0 Å². The Labute approximate surface area is 135 Å². The summed E-state index contributed by atoms with van der Waals surface area (Å²) in [6.07, 6.45) is 2.58. The van der Waals surface area contributed by atoms with Crippen molar-refractivity contribution in [3.05, 3.63) is 87.7 Å². The smallest absolute Gasteiger partial charge is 0.268 e. The molecule has 0 bridgehead atoms. The van der Waals surface area contributed by atoms with Crippen LogP contribution in [0, 0.1) is 16.0 Å². The van der Waals surface area contributed by atoms with Crippen molar-refractivity contribution in [3.8, 4) is 0 Å². The van der Waals surface area contributed by atoms with Crippen molar-refractivity contribution in [1.29, 1.82) is 0 Å². The molecule has 0 radical (unpaired) electrons. The van der Waals surface area contributed by atoms with Gasteiger partial charge in [-0.25, -0.2) is 0 Å². The third kappa shape index (κ3) is 2.50. The normalized spacial score (nSPS) is 20.9. The molecule has 116 valence electrons. The summed E-state index contributed by atoms with van der Waals surface area (Å²) in [6, 6.07) is 20.2. The van der Waals surface area contributed by atoms with E-state index >= 15 is 0 Å². The summed E-state index contributed by atoms with van der Waals surface area (Å²) in [6.45, 7) is 0. The third-order valence-corrected chi connectivity index (χ3v) is 4.66. The lowest BCUT2D eigenvalue weighted by Gasteiger charge is -2.29. The zero-order valence-corrected chi connectivity index (χ0v) is 12.8. The van der Waals surface area contributed by atoms with Crippen LogP contribution < -0.4 is 4.90 Å². The number of anilines is 1. The molecule has 4 heteroatoms. The predicted octanol–water partition coefficient (Wildman–Crippen LogP) is 4.54. The van der Waals surface area contributed by atoms with Crippen LogP contribution in [0.1, 0.15) is 30.9 Å². The average molecular weight is 306 g/mol. The molecule has 1 aliphatic heterocycles. The number of nitro groups is 1. The number of rotatable bonds is 4. The number of hydrogen-bond acceptors (Lipinski definition) is 3. The fourth-order valence-corrected chi connectivity index (χ4v) is 3.49. The van der Waals surface area contributed by atoms with Crippen LogP contribution in [-0.2, 0) is 0 Å². The van der Waals surface area contributed by atoms with Gasteiger partial charge >= 0.3 is 0 Å². The molecule has 0 N–H and O–H groups in total. The van der Waals surface area contributed by atoms with Gasteiger partial charge in [-0.3, -0.25) is 10.1 Å². The van der Waals surface area contributed by atoms with Crippen molar-refractivity contribution in [3.63, 3.8) is 0 Å². The highest BCUT2D eigenvalue weighted by atomic mass is 16.6. The third-order valence-electron chi connectivity index (χ3n) is 4.66. The Morgan fingerprint density at radius 3 is 2.13 bits per heavy atom. The molecular weight excluding hydrogens is 288 g/mol. The standard InChI is InChI=1S/C19H18N2O2/c22-21(23)18-13-17(14-7-3-1-4-8-14)20(19(18)15-11-12-15)16-9-5-2-6-10-16/h1-10,15,17H,11-13H2. The highest BCUT2D eigenvalue weighted by molar-refractivity contribution is 5.59. The number of nitrogens with zero attached hydrogens (tertiary/aromatic N) is 2. The van der Waals surface area contributed by atoms with Gasteiger partial charge in [-0.2, -0.15) is 0 Å². The fourth-order valence-electron chi connectivity index (χ4n) is 3.49. The Morgan fingerprint density at radius 1 is 0.957 bits per heavy atom. The number of allylic oxidation sites excluding steroid dienone is 1. The first-order valence-corrected chi connectivity index (χ1v) is 8.02. The summed E-state index contributed by atoms with van der Waals surface area (Å²) >= 11 is 0. The Kier molecular flexibility index (Phi) is 3.37. The van der Waals surface area contributed by atoms with Gasteiger partial charge in [0.2, 0.25) is 0 Å². The first-order chi connectivity index (χ1) is 11.3. The zero-order valence-electron chi connectivity index (χ0n) is 12.8. The van der Waals surface area contributed by atoms with Crippen LogP contribution in [0.5, 0.6) is 0 Å². The van der Waals surface area contributed by atoms with Gasteiger partial charge in [-0.1, -0.05) is 48.5 Å². The van der Waals surface area contributed by atoms with Gasteiger partial charge in [0, 0.05) is 11.6 Å². The van der Waals surface area contributed by atoms with Crippen LogP contribution in [0.4, 0.5) is 5.69 Å². The van der Waals surface area contributed by atoms with E-state index in [1.54, 1.807) is 0 Å². The Balaban J connectivity index is 1.84. The molecule has 2 aromatic carbocycles. The van der Waals surface area contributed by atoms with E-state index in [-0.39, 0.29) is 11.0 Å². The predicted molar refractivity (Wildman–Crippen MR) is 89.5 cm³/mol. The van der Waals surface area contributed by atoms with E-state index in [1.807, 2.05) is 48.5 Å². The molecule has 4 nitrogen and oxygen atoms in total. The SMILES string of the molecule is O=[N+]([O-])C1=C(C2CC2)N(c2ccccc2)C(c2ccccc2)C1. The Morgan fingerprint density at radius 2 is 1.57 bits per heavy atom. The van der Waals surface area contributed by atoms with Gasteiger partial charge in [0.1, 0.15) is 0 Å². The second-order valence-electron chi connectivity index (χ2n) is 6.20. The highest BCUT2D eigenvalue weighted by Gasteiger charge is 2.46. The van der Waals surface area contributed by atoms with Crippen molar-refractivity contribution in [2.75, 3.05) is 4.90 Å². The van der Waals surface area contributed by atoms with Crippen molar-refractivity contribution >= 4 is 5.69 Å². The zero-order chi connectivity index (χ0) is 15.8. The highest BCUT2D eigenvalue weighted by Crippen LogP contribution is 2.51. The van der Waals surface area contributed by atoms with Crippen LogP contribution in [-0.4, -0.2) is 4.92 Å². The molecule has 1 atom stereocenters. The van der Waals surface area contributed by atoms with Gasteiger partial charge in [-0.15, -0.1) is 0 Å². The summed E-state index contributed by atoms with van der Waals surface area (Å²) in [5.41, 5.74) is 3.49. The molecule has 1 fully saturated rings. The van der Waals surface area contributed by atoms with Crippen molar-refractivity contribution in [1.82, 2.24) is 0 Å². The van der Waals surface area contributed by atoms with Crippen molar-refractivity contribution < 1.29 is 4.92 Å². The minimum absolute atomic E-state index is 0.00889. The number of hydrogen-bond donors (Lipinski definition) is 0. The fraction of sp³-hybridized carbons (Fsp3) is 0.263. The molecule has 1 aliphatic carbocycles. The number of para-hydroxylation sites is 1. The minimum Gasteiger partial charge on any atom is -0.331 e. The first-order valence-electron chi connectivity index (χ1n) is 8.02. The quantitative estimate of drug-likeness (QED) is 0.615. The monoisotopic (exact) mass is 306 g/mol. The summed E-state index contributed by atoms with van der Waals surface area (Å²) in [5, 5.41) is 11.6. The van der Waals surface area contributed by atoms with Gasteiger partial charge in [-0.05, 0) is 30.5 Å². The first kappa shape index (κ1) is 14.0. The second kappa shape index (κ2) is 5.54. The molecule has 1 heterocycles. The van der Waals surface area contributed by atoms with E-state index in [4.69, 9.17) is 0 Å². The second-order valence-corrected chi connectivity index (χ2v) is 6.20. The van der Waals surface area contributed by atoms with Crippen LogP contribution in [0.25, 0.3) is 0 Å². The lowest BCUT2D eigenvalue weighted by atomic mass is 10.0. The molecule has 0 amide bonds. The maximum absolute atomic E-state index is 11.6. The topological polar surface area (TPSA) is 46.4 Å². The van der Waals surface area contributed by atoms with Crippen LogP contribution >= 0.6 is 0 Å². The van der Waals surface area contributed by atoms with E-state index in [1.165, 1.54) is 0 Å². The summed E-state index contributed by atoms with van der Waals surface area (Å²) in [5.74, 6) is 0.337. The van der Waals surface area contributed by atoms with Gasteiger partial charge in [0.25, 0.3) is 5.70 Å². The lowest BCUT2D eigenvalue weighted by Crippen LogP contribution is -2.24. The van der Waals surface area contributed by atoms with E-state index in [0.29, 0.717) is 18.0 Å². The largest absolute Gasteiger partial charge is 0.331 e. The Hall–Kier alpha value is -2.62. The number of benzene rings is 2. The summed E-state index contributed by atoms with van der Waals surface area (Å²) in [4.78, 5) is 13.6. The molecule has 1 unspecified atom stereocenters. The maximum Gasteiger partial charge on any atom is 0.268 e. The molecule has 2 aromatic rings. The van der Waals surface area contributed by atoms with Crippen LogP contribution in [0.15, 0.2) is 72.1 Å². The van der Waals surface area contributed by atoms with E-state index < -0.39 is 0 Å². The van der Waals surface area contributed by atoms with E-state index in [0.717, 1.165) is 29.8 Å². The van der Waals surface area contributed by atoms with Gasteiger partial charge in [0.05, 0.1) is 23.1 Å². The average Bonchev–Trinajstić information content (AvgIpc) is 3.35.